The van der Waals surface area contributed by atoms with E-state index in [2.05, 4.69) is 15.0 Å². The molecule has 0 spiro atoms. The number of methoxy groups -OCH3 is 2. The summed E-state index contributed by atoms with van der Waals surface area (Å²) in [5, 5.41) is 2.61. The molecule has 0 fully saturated rings. The monoisotopic (exact) mass is 238 g/mol. The maximum atomic E-state index is 11.7. The first-order chi connectivity index (χ1) is 8.20. The summed E-state index contributed by atoms with van der Waals surface area (Å²) in [7, 11) is 2.78. The van der Waals surface area contributed by atoms with Gasteiger partial charge in [0.05, 0.1) is 19.3 Å². The molecule has 0 atom stereocenters. The minimum atomic E-state index is -0.637. The van der Waals surface area contributed by atoms with Crippen LogP contribution < -0.4 is 5.32 Å². The Kier molecular flexibility index (Phi) is 5.09. The molecule has 0 aliphatic carbocycles. The maximum Gasteiger partial charge on any atom is 0.357 e. The van der Waals surface area contributed by atoms with E-state index in [0.29, 0.717) is 13.2 Å². The van der Waals surface area contributed by atoms with Crippen molar-refractivity contribution in [3.05, 3.63) is 29.6 Å². The second kappa shape index (κ2) is 6.59. The van der Waals surface area contributed by atoms with Gasteiger partial charge >= 0.3 is 5.97 Å². The Labute approximate surface area is 98.9 Å². The topological polar surface area (TPSA) is 77.5 Å². The zero-order valence-corrected chi connectivity index (χ0v) is 9.73. The lowest BCUT2D eigenvalue weighted by Gasteiger charge is -2.07. The minimum Gasteiger partial charge on any atom is -0.464 e. The average Bonchev–Trinajstić information content (AvgIpc) is 2.38. The standard InChI is InChI=1S/C11H14N2O4/c1-16-7-6-13-10(14)8-4-3-5-12-9(8)11(15)17-2/h3-5H,6-7H2,1-2H3,(H,13,14). The first-order valence-electron chi connectivity index (χ1n) is 5.01. The van der Waals surface area contributed by atoms with Crippen LogP contribution in [0.25, 0.3) is 0 Å². The van der Waals surface area contributed by atoms with Crippen LogP contribution in [0, 0.1) is 0 Å². The minimum absolute atomic E-state index is 0.00455. The van der Waals surface area contributed by atoms with E-state index in [4.69, 9.17) is 4.74 Å². The van der Waals surface area contributed by atoms with E-state index < -0.39 is 5.97 Å². The molecule has 6 nitrogen and oxygen atoms in total. The molecule has 1 N–H and O–H groups in total. The summed E-state index contributed by atoms with van der Waals surface area (Å²) in [6, 6.07) is 3.10. The van der Waals surface area contributed by atoms with E-state index in [0.717, 1.165) is 0 Å². The van der Waals surface area contributed by atoms with Gasteiger partial charge in [-0.1, -0.05) is 0 Å². The Hall–Kier alpha value is -1.95. The van der Waals surface area contributed by atoms with E-state index in [1.54, 1.807) is 6.07 Å². The van der Waals surface area contributed by atoms with Crippen molar-refractivity contribution in [1.29, 1.82) is 0 Å². The fourth-order valence-electron chi connectivity index (χ4n) is 1.21. The van der Waals surface area contributed by atoms with Gasteiger partial charge in [0, 0.05) is 19.9 Å². The second-order valence-electron chi connectivity index (χ2n) is 3.14. The fourth-order valence-corrected chi connectivity index (χ4v) is 1.21. The number of hydrogen-bond donors (Lipinski definition) is 1. The quantitative estimate of drug-likeness (QED) is 0.587. The molecule has 0 saturated carbocycles. The summed E-state index contributed by atoms with van der Waals surface area (Å²) in [5.41, 5.74) is 0.195. The van der Waals surface area contributed by atoms with E-state index in [1.807, 2.05) is 0 Å². The van der Waals surface area contributed by atoms with Crippen LogP contribution in [0.5, 0.6) is 0 Å². The number of nitrogens with one attached hydrogen (secondary N) is 1. The van der Waals surface area contributed by atoms with Crippen LogP contribution in [0.4, 0.5) is 0 Å². The van der Waals surface area contributed by atoms with Crippen molar-refractivity contribution >= 4 is 11.9 Å². The predicted molar refractivity (Wildman–Crippen MR) is 59.8 cm³/mol. The van der Waals surface area contributed by atoms with Crippen LogP contribution >= 0.6 is 0 Å². The molecule has 0 unspecified atom stereocenters. The van der Waals surface area contributed by atoms with Crippen molar-refractivity contribution < 1.29 is 19.1 Å². The molecule has 6 heteroatoms. The lowest BCUT2D eigenvalue weighted by molar-refractivity contribution is 0.0589. The predicted octanol–water partition coefficient (Wildman–Crippen LogP) is 0.244. The zero-order chi connectivity index (χ0) is 12.7. The number of aromatic nitrogens is 1. The second-order valence-corrected chi connectivity index (χ2v) is 3.14. The van der Waals surface area contributed by atoms with Gasteiger partial charge in [-0.05, 0) is 12.1 Å². The number of rotatable bonds is 5. The molecule has 92 valence electrons. The summed E-state index contributed by atoms with van der Waals surface area (Å²) in [6.45, 7) is 0.768. The van der Waals surface area contributed by atoms with Gasteiger partial charge in [0.1, 0.15) is 0 Å². The highest BCUT2D eigenvalue weighted by Crippen LogP contribution is 2.06. The van der Waals surface area contributed by atoms with Crippen molar-refractivity contribution in [2.75, 3.05) is 27.4 Å². The van der Waals surface area contributed by atoms with Gasteiger partial charge in [-0.2, -0.15) is 0 Å². The van der Waals surface area contributed by atoms with Crippen LogP contribution in [0.15, 0.2) is 18.3 Å². The largest absolute Gasteiger partial charge is 0.464 e. The molecule has 1 aromatic heterocycles. The number of nitrogens with zero attached hydrogens (tertiary/aromatic N) is 1. The molecule has 1 rings (SSSR count). The molecule has 17 heavy (non-hydrogen) atoms. The molecular formula is C11H14N2O4. The molecule has 1 heterocycles. The highest BCUT2D eigenvalue weighted by molar-refractivity contribution is 6.04. The third-order valence-corrected chi connectivity index (χ3v) is 2.02. The number of esters is 1. The zero-order valence-electron chi connectivity index (χ0n) is 9.73. The summed E-state index contributed by atoms with van der Waals surface area (Å²) in [5.74, 6) is -1.02. The molecule has 1 amide bonds. The number of carbonyl (C=O) groups excluding carboxylic acids is 2. The SMILES string of the molecule is COCCNC(=O)c1cccnc1C(=O)OC. The molecule has 0 bridgehead atoms. The van der Waals surface area contributed by atoms with Crippen molar-refractivity contribution in [2.24, 2.45) is 0 Å². The van der Waals surface area contributed by atoms with Gasteiger partial charge < -0.3 is 14.8 Å². The van der Waals surface area contributed by atoms with Crippen LogP contribution in [0.3, 0.4) is 0 Å². The summed E-state index contributed by atoms with van der Waals surface area (Å²) < 4.78 is 9.35. The number of hydrogen-bond acceptors (Lipinski definition) is 5. The molecule has 1 aromatic rings. The van der Waals surface area contributed by atoms with Crippen molar-refractivity contribution in [1.82, 2.24) is 10.3 Å². The lowest BCUT2D eigenvalue weighted by atomic mass is 10.2. The summed E-state index contributed by atoms with van der Waals surface area (Å²) in [4.78, 5) is 27.0. The molecule has 0 saturated heterocycles. The number of carbonyl (C=O) groups is 2. The van der Waals surface area contributed by atoms with Gasteiger partial charge in [-0.25, -0.2) is 9.78 Å². The first-order valence-corrected chi connectivity index (χ1v) is 5.01. The van der Waals surface area contributed by atoms with Gasteiger partial charge in [-0.3, -0.25) is 4.79 Å². The van der Waals surface area contributed by atoms with Gasteiger partial charge in [0.2, 0.25) is 0 Å². The summed E-state index contributed by atoms with van der Waals surface area (Å²) >= 11 is 0. The average molecular weight is 238 g/mol. The van der Waals surface area contributed by atoms with Crippen LogP contribution in [0.2, 0.25) is 0 Å². The van der Waals surface area contributed by atoms with E-state index in [-0.39, 0.29) is 17.2 Å². The van der Waals surface area contributed by atoms with Crippen LogP contribution in [-0.4, -0.2) is 44.2 Å². The van der Waals surface area contributed by atoms with Crippen molar-refractivity contribution in [3.8, 4) is 0 Å². The molecule has 0 aromatic carbocycles. The van der Waals surface area contributed by atoms with E-state index in [1.165, 1.54) is 26.5 Å². The number of ether oxygens (including phenoxy) is 2. The van der Waals surface area contributed by atoms with Crippen molar-refractivity contribution in [2.45, 2.75) is 0 Å². The molecule has 0 radical (unpaired) electrons. The van der Waals surface area contributed by atoms with E-state index in [9.17, 15) is 9.59 Å². The molecule has 0 aliphatic heterocycles. The Morgan fingerprint density at radius 2 is 2.18 bits per heavy atom. The highest BCUT2D eigenvalue weighted by atomic mass is 16.5. The highest BCUT2D eigenvalue weighted by Gasteiger charge is 2.18. The Bertz CT molecular complexity index is 406. The third kappa shape index (κ3) is 3.53. The normalized spacial score (nSPS) is 9.76. The van der Waals surface area contributed by atoms with Crippen molar-refractivity contribution in [3.63, 3.8) is 0 Å². The van der Waals surface area contributed by atoms with Gasteiger partial charge in [-0.15, -0.1) is 0 Å². The van der Waals surface area contributed by atoms with Gasteiger partial charge in [0.15, 0.2) is 5.69 Å². The fraction of sp³-hybridized carbons (Fsp3) is 0.364. The Morgan fingerprint density at radius 3 is 2.82 bits per heavy atom. The summed E-state index contributed by atoms with van der Waals surface area (Å²) in [6.07, 6.45) is 1.43. The number of amides is 1. The Morgan fingerprint density at radius 1 is 1.41 bits per heavy atom. The Balaban J connectivity index is 2.82. The van der Waals surface area contributed by atoms with Crippen LogP contribution in [-0.2, 0) is 9.47 Å². The van der Waals surface area contributed by atoms with Gasteiger partial charge in [0.25, 0.3) is 5.91 Å². The maximum absolute atomic E-state index is 11.7. The smallest absolute Gasteiger partial charge is 0.357 e. The first kappa shape index (κ1) is 13.1. The molecule has 0 aliphatic rings. The third-order valence-electron chi connectivity index (χ3n) is 2.02. The number of pyridine rings is 1. The molecular weight excluding hydrogens is 224 g/mol. The van der Waals surface area contributed by atoms with E-state index >= 15 is 0 Å². The lowest BCUT2D eigenvalue weighted by Crippen LogP contribution is -2.29. The van der Waals surface area contributed by atoms with Crippen LogP contribution in [0.1, 0.15) is 20.8 Å².